The number of nitrogens with zero attached hydrogens (tertiary/aromatic N) is 1. The number of thiocarbonyl (C=S) groups is 1. The van der Waals surface area contributed by atoms with E-state index in [1.165, 1.54) is 35.4 Å². The molecule has 1 aliphatic heterocycles. The first-order valence-corrected chi connectivity index (χ1v) is 10.7. The average Bonchev–Trinajstić information content (AvgIpc) is 3.05. The van der Waals surface area contributed by atoms with Gasteiger partial charge in [0.2, 0.25) is 0 Å². The molecule has 0 spiro atoms. The largest absolute Gasteiger partial charge is 0.359 e. The fourth-order valence-electron chi connectivity index (χ4n) is 6.64. The van der Waals surface area contributed by atoms with E-state index in [1.807, 2.05) is 0 Å². The molecule has 1 unspecified atom stereocenters. The van der Waals surface area contributed by atoms with Crippen LogP contribution in [0.3, 0.4) is 0 Å². The molecule has 27 heavy (non-hydrogen) atoms. The predicted octanol–water partition coefficient (Wildman–Crippen LogP) is 3.31. The van der Waals surface area contributed by atoms with Crippen molar-refractivity contribution in [2.45, 2.75) is 72.8 Å². The monoisotopic (exact) mass is 389 g/mol. The van der Waals surface area contributed by atoms with Crippen LogP contribution in [-0.2, 0) is 9.59 Å². The van der Waals surface area contributed by atoms with Crippen molar-refractivity contribution in [3.8, 4) is 0 Å². The van der Waals surface area contributed by atoms with E-state index in [4.69, 9.17) is 12.2 Å². The summed E-state index contributed by atoms with van der Waals surface area (Å²) in [5.74, 6) is -0.551. The van der Waals surface area contributed by atoms with Crippen molar-refractivity contribution in [3.63, 3.8) is 0 Å². The standard InChI is InChI=1S/C21H31N3O2S/c1-11-12(2)21(5)13(3)20(11,4)15-16(21)18(26)24(17(15)25)23-19(27)22-14-9-7-6-8-10-14/h13-16H,6-10H2,1-5H3,(H2,22,23,27)/t13?,15-,16+,20-,21+. The maximum absolute atomic E-state index is 13.3. The minimum atomic E-state index is -0.293. The lowest BCUT2D eigenvalue weighted by molar-refractivity contribution is -0.144. The molecule has 3 fully saturated rings. The van der Waals surface area contributed by atoms with Crippen molar-refractivity contribution in [1.82, 2.24) is 15.8 Å². The number of carbonyl (C=O) groups is 2. The van der Waals surface area contributed by atoms with Crippen LogP contribution in [0.25, 0.3) is 0 Å². The summed E-state index contributed by atoms with van der Waals surface area (Å²) in [6.07, 6.45) is 5.84. The SMILES string of the molecule is CC1=C(C)[C@]2(C)C(C)[C@@]1(C)[C@@H]1C(=O)N(NC(=S)NC3CCCCC3)C(=O)[C@@H]12. The highest BCUT2D eigenvalue weighted by molar-refractivity contribution is 7.80. The van der Waals surface area contributed by atoms with Gasteiger partial charge in [-0.15, -0.1) is 0 Å². The third kappa shape index (κ3) is 2.25. The summed E-state index contributed by atoms with van der Waals surface area (Å²) in [6.45, 7) is 10.8. The summed E-state index contributed by atoms with van der Waals surface area (Å²) in [5, 5.41) is 4.90. The Morgan fingerprint density at radius 2 is 1.48 bits per heavy atom. The number of carbonyl (C=O) groups excluding carboxylic acids is 2. The van der Waals surface area contributed by atoms with Gasteiger partial charge < -0.3 is 5.32 Å². The second-order valence-corrected chi connectivity index (χ2v) is 9.83. The van der Waals surface area contributed by atoms with Crippen LogP contribution < -0.4 is 10.7 Å². The van der Waals surface area contributed by atoms with Gasteiger partial charge in [-0.1, -0.05) is 51.2 Å². The quantitative estimate of drug-likeness (QED) is 0.431. The second kappa shape index (κ2) is 6.03. The van der Waals surface area contributed by atoms with Crippen LogP contribution in [0, 0.1) is 28.6 Å². The summed E-state index contributed by atoms with van der Waals surface area (Å²) in [5.41, 5.74) is 4.98. The molecule has 2 bridgehead atoms. The number of nitrogens with one attached hydrogen (secondary N) is 2. The molecule has 4 rings (SSSR count). The maximum Gasteiger partial charge on any atom is 0.253 e. The number of rotatable bonds is 2. The highest BCUT2D eigenvalue weighted by atomic mass is 32.1. The molecule has 5 nitrogen and oxygen atoms in total. The lowest BCUT2D eigenvalue weighted by Gasteiger charge is -2.34. The summed E-state index contributed by atoms with van der Waals surface area (Å²) in [7, 11) is 0. The van der Waals surface area contributed by atoms with E-state index in [0.29, 0.717) is 11.2 Å². The number of hydrogen-bond donors (Lipinski definition) is 2. The molecule has 5 atom stereocenters. The molecule has 148 valence electrons. The Morgan fingerprint density at radius 3 is 1.96 bits per heavy atom. The van der Waals surface area contributed by atoms with Crippen molar-refractivity contribution in [3.05, 3.63) is 11.1 Å². The number of allylic oxidation sites excluding steroid dienone is 2. The van der Waals surface area contributed by atoms with Crippen LogP contribution in [0.5, 0.6) is 0 Å². The van der Waals surface area contributed by atoms with Crippen molar-refractivity contribution in [2.75, 3.05) is 0 Å². The summed E-state index contributed by atoms with van der Waals surface area (Å²) in [6, 6.07) is 0.337. The summed E-state index contributed by atoms with van der Waals surface area (Å²) < 4.78 is 0. The van der Waals surface area contributed by atoms with Gasteiger partial charge in [0.1, 0.15) is 0 Å². The van der Waals surface area contributed by atoms with Crippen LogP contribution in [0.15, 0.2) is 11.1 Å². The molecule has 1 heterocycles. The molecule has 6 heteroatoms. The van der Waals surface area contributed by atoms with Crippen LogP contribution in [0.4, 0.5) is 0 Å². The molecule has 3 aliphatic carbocycles. The molecule has 0 aromatic rings. The number of amides is 2. The zero-order valence-corrected chi connectivity index (χ0v) is 17.8. The molecule has 0 aromatic heterocycles. The molecule has 2 amide bonds. The zero-order chi connectivity index (χ0) is 19.7. The number of fused-ring (bicyclic) bond motifs is 5. The third-order valence-corrected chi connectivity index (χ3v) is 8.94. The Kier molecular flexibility index (Phi) is 4.22. The van der Waals surface area contributed by atoms with Crippen molar-refractivity contribution < 1.29 is 9.59 Å². The summed E-state index contributed by atoms with van der Waals surface area (Å²) in [4.78, 5) is 26.6. The van der Waals surface area contributed by atoms with Crippen LogP contribution in [0.2, 0.25) is 0 Å². The lowest BCUT2D eigenvalue weighted by atomic mass is 9.66. The molecule has 0 radical (unpaired) electrons. The van der Waals surface area contributed by atoms with Gasteiger partial charge in [-0.25, -0.2) is 0 Å². The zero-order valence-electron chi connectivity index (χ0n) is 17.0. The predicted molar refractivity (Wildman–Crippen MR) is 108 cm³/mol. The van der Waals surface area contributed by atoms with E-state index in [9.17, 15) is 9.59 Å². The first-order chi connectivity index (χ1) is 12.6. The second-order valence-electron chi connectivity index (χ2n) is 9.42. The molecule has 0 aromatic carbocycles. The van der Waals surface area contributed by atoms with E-state index in [0.717, 1.165) is 12.8 Å². The van der Waals surface area contributed by atoms with Gasteiger partial charge in [0.15, 0.2) is 5.11 Å². The van der Waals surface area contributed by atoms with E-state index < -0.39 is 0 Å². The summed E-state index contributed by atoms with van der Waals surface area (Å²) >= 11 is 5.43. The Balaban J connectivity index is 1.56. The van der Waals surface area contributed by atoms with Crippen molar-refractivity contribution in [1.29, 1.82) is 0 Å². The lowest BCUT2D eigenvalue weighted by Crippen LogP contribution is -2.54. The highest BCUT2D eigenvalue weighted by Gasteiger charge is 2.75. The normalized spacial score (nSPS) is 41.4. The fourth-order valence-corrected chi connectivity index (χ4v) is 6.90. The number of hydrazine groups is 1. The van der Waals surface area contributed by atoms with Crippen LogP contribution in [-0.4, -0.2) is 28.0 Å². The fraction of sp³-hybridized carbons (Fsp3) is 0.762. The number of hydrogen-bond acceptors (Lipinski definition) is 3. The van der Waals surface area contributed by atoms with Gasteiger partial charge >= 0.3 is 0 Å². The smallest absolute Gasteiger partial charge is 0.253 e. The topological polar surface area (TPSA) is 61.4 Å². The van der Waals surface area contributed by atoms with Crippen molar-refractivity contribution in [2.24, 2.45) is 28.6 Å². The van der Waals surface area contributed by atoms with Gasteiger partial charge in [0.25, 0.3) is 11.8 Å². The molecule has 1 saturated heterocycles. The van der Waals surface area contributed by atoms with Gasteiger partial charge in [-0.2, -0.15) is 5.01 Å². The molecule has 2 saturated carbocycles. The third-order valence-electron chi connectivity index (χ3n) is 8.73. The van der Waals surface area contributed by atoms with Crippen molar-refractivity contribution >= 4 is 29.1 Å². The Hall–Kier alpha value is -1.43. The maximum atomic E-state index is 13.3. The first kappa shape index (κ1) is 18.9. The minimum Gasteiger partial charge on any atom is -0.359 e. The van der Waals surface area contributed by atoms with Crippen LogP contribution >= 0.6 is 12.2 Å². The number of imide groups is 1. The Morgan fingerprint density at radius 1 is 1.00 bits per heavy atom. The molecular formula is C21H31N3O2S. The highest BCUT2D eigenvalue weighted by Crippen LogP contribution is 2.73. The first-order valence-electron chi connectivity index (χ1n) is 10.3. The molecular weight excluding hydrogens is 358 g/mol. The van der Waals surface area contributed by atoms with Gasteiger partial charge in [0, 0.05) is 16.9 Å². The Bertz CT molecular complexity index is 713. The Labute approximate surface area is 167 Å². The van der Waals surface area contributed by atoms with Gasteiger partial charge in [-0.05, 0) is 44.8 Å². The minimum absolute atomic E-state index is 0.122. The van der Waals surface area contributed by atoms with E-state index >= 15 is 0 Å². The van der Waals surface area contributed by atoms with E-state index in [1.54, 1.807) is 0 Å². The molecule has 2 N–H and O–H groups in total. The van der Waals surface area contributed by atoms with E-state index in [-0.39, 0.29) is 40.4 Å². The van der Waals surface area contributed by atoms with E-state index in [2.05, 4.69) is 45.4 Å². The van der Waals surface area contributed by atoms with Gasteiger partial charge in [-0.3, -0.25) is 15.0 Å². The molecule has 4 aliphatic rings. The average molecular weight is 390 g/mol. The van der Waals surface area contributed by atoms with Crippen LogP contribution in [0.1, 0.15) is 66.7 Å². The van der Waals surface area contributed by atoms with Gasteiger partial charge in [0.05, 0.1) is 11.8 Å².